The molecule has 3 N–H and O–H groups in total. The van der Waals surface area contributed by atoms with E-state index in [0.29, 0.717) is 13.0 Å². The summed E-state index contributed by atoms with van der Waals surface area (Å²) in [7, 11) is 1.61. The Hall–Kier alpha value is -1.06. The first-order valence-corrected chi connectivity index (χ1v) is 5.14. The van der Waals surface area contributed by atoms with Crippen molar-refractivity contribution in [3.63, 3.8) is 0 Å². The lowest BCUT2D eigenvalue weighted by atomic mass is 9.96. The van der Waals surface area contributed by atoms with Crippen molar-refractivity contribution < 1.29 is 9.84 Å². The first kappa shape index (κ1) is 12.0. The molecular formula is C12H19NO2. The average Bonchev–Trinajstić information content (AvgIpc) is 2.22. The zero-order valence-electron chi connectivity index (χ0n) is 9.58. The average molecular weight is 209 g/mol. The van der Waals surface area contributed by atoms with Gasteiger partial charge in [-0.25, -0.2) is 0 Å². The van der Waals surface area contributed by atoms with Gasteiger partial charge in [-0.15, -0.1) is 0 Å². The molecule has 0 saturated carbocycles. The van der Waals surface area contributed by atoms with Crippen LogP contribution in [0.5, 0.6) is 5.75 Å². The molecule has 1 aromatic rings. The Morgan fingerprint density at radius 2 is 2.07 bits per heavy atom. The van der Waals surface area contributed by atoms with Crippen molar-refractivity contribution in [3.05, 3.63) is 28.8 Å². The van der Waals surface area contributed by atoms with E-state index in [9.17, 15) is 5.11 Å². The van der Waals surface area contributed by atoms with Gasteiger partial charge in [0.15, 0.2) is 0 Å². The molecule has 1 atom stereocenters. The Bertz CT molecular complexity index is 337. The summed E-state index contributed by atoms with van der Waals surface area (Å²) in [6.45, 7) is 4.48. The Kier molecular flexibility index (Phi) is 4.12. The van der Waals surface area contributed by atoms with E-state index >= 15 is 0 Å². The van der Waals surface area contributed by atoms with Crippen molar-refractivity contribution in [1.82, 2.24) is 0 Å². The minimum Gasteiger partial charge on any atom is -0.496 e. The molecule has 15 heavy (non-hydrogen) atoms. The molecular weight excluding hydrogens is 190 g/mol. The predicted octanol–water partition coefficient (Wildman–Crippen LogP) is 1.69. The van der Waals surface area contributed by atoms with E-state index in [0.717, 1.165) is 22.4 Å². The third-order valence-electron chi connectivity index (χ3n) is 2.74. The van der Waals surface area contributed by atoms with Crippen LogP contribution >= 0.6 is 0 Å². The lowest BCUT2D eigenvalue weighted by Crippen LogP contribution is -2.10. The highest BCUT2D eigenvalue weighted by Crippen LogP contribution is 2.31. The van der Waals surface area contributed by atoms with Gasteiger partial charge in [0.1, 0.15) is 5.75 Å². The summed E-state index contributed by atoms with van der Waals surface area (Å²) in [5.41, 5.74) is 8.54. The summed E-state index contributed by atoms with van der Waals surface area (Å²) in [6.07, 6.45) is 0.0190. The molecule has 84 valence electrons. The second-order valence-electron chi connectivity index (χ2n) is 3.72. The molecule has 1 rings (SSSR count). The van der Waals surface area contributed by atoms with E-state index in [1.54, 1.807) is 7.11 Å². The molecule has 0 aliphatic heterocycles. The Morgan fingerprint density at radius 3 is 2.60 bits per heavy atom. The van der Waals surface area contributed by atoms with Gasteiger partial charge in [0.25, 0.3) is 0 Å². The van der Waals surface area contributed by atoms with Crippen molar-refractivity contribution in [2.45, 2.75) is 26.4 Å². The van der Waals surface area contributed by atoms with Crippen LogP contribution in [0.4, 0.5) is 0 Å². The predicted molar refractivity (Wildman–Crippen MR) is 61.1 cm³/mol. The van der Waals surface area contributed by atoms with Crippen molar-refractivity contribution >= 4 is 0 Å². The number of ether oxygens (including phenoxy) is 1. The summed E-state index contributed by atoms with van der Waals surface area (Å²) in [4.78, 5) is 0. The number of rotatable bonds is 4. The molecule has 3 nitrogen and oxygen atoms in total. The molecule has 1 unspecified atom stereocenters. The molecule has 0 heterocycles. The van der Waals surface area contributed by atoms with E-state index in [4.69, 9.17) is 10.5 Å². The molecule has 0 saturated heterocycles. The third-order valence-corrected chi connectivity index (χ3v) is 2.74. The van der Waals surface area contributed by atoms with Gasteiger partial charge in [-0.3, -0.25) is 0 Å². The molecule has 0 spiro atoms. The number of aliphatic hydroxyl groups is 1. The lowest BCUT2D eigenvalue weighted by molar-refractivity contribution is 0.165. The number of hydrogen-bond acceptors (Lipinski definition) is 3. The molecule has 0 aliphatic rings. The Balaban J connectivity index is 3.17. The fraction of sp³-hybridized carbons (Fsp3) is 0.500. The van der Waals surface area contributed by atoms with Crippen molar-refractivity contribution in [2.75, 3.05) is 13.7 Å². The minimum absolute atomic E-state index is 0.470. The summed E-state index contributed by atoms with van der Waals surface area (Å²) >= 11 is 0. The molecule has 0 fully saturated rings. The van der Waals surface area contributed by atoms with Gasteiger partial charge in [0.05, 0.1) is 13.2 Å². The lowest BCUT2D eigenvalue weighted by Gasteiger charge is -2.18. The molecule has 0 aromatic heterocycles. The van der Waals surface area contributed by atoms with E-state index in [1.807, 2.05) is 26.0 Å². The molecule has 1 aromatic carbocycles. The summed E-state index contributed by atoms with van der Waals surface area (Å²) < 4.78 is 5.25. The van der Waals surface area contributed by atoms with Crippen molar-refractivity contribution in [1.29, 1.82) is 0 Å². The minimum atomic E-state index is -0.537. The Labute approximate surface area is 90.9 Å². The van der Waals surface area contributed by atoms with Gasteiger partial charge in [-0.1, -0.05) is 6.07 Å². The van der Waals surface area contributed by atoms with E-state index < -0.39 is 6.10 Å². The van der Waals surface area contributed by atoms with Gasteiger partial charge in [0, 0.05) is 5.56 Å². The van der Waals surface area contributed by atoms with Crippen molar-refractivity contribution in [2.24, 2.45) is 5.73 Å². The van der Waals surface area contributed by atoms with Gasteiger partial charge in [0.2, 0.25) is 0 Å². The molecule has 0 radical (unpaired) electrons. The molecule has 0 bridgehead atoms. The topological polar surface area (TPSA) is 55.5 Å². The van der Waals surface area contributed by atoms with Crippen LogP contribution < -0.4 is 10.5 Å². The van der Waals surface area contributed by atoms with E-state index in [1.165, 1.54) is 0 Å². The fourth-order valence-corrected chi connectivity index (χ4v) is 1.71. The first-order chi connectivity index (χ1) is 7.11. The van der Waals surface area contributed by atoms with Crippen LogP contribution in [0, 0.1) is 13.8 Å². The third kappa shape index (κ3) is 2.49. The number of aryl methyl sites for hydroxylation is 1. The highest BCUT2D eigenvalue weighted by Gasteiger charge is 2.16. The fourth-order valence-electron chi connectivity index (χ4n) is 1.71. The standard InChI is InChI=1S/C12H19NO2/c1-8-4-5-11(15-3)12(9(8)2)10(14)6-7-13/h4-5,10,14H,6-7,13H2,1-3H3. The van der Waals surface area contributed by atoms with Gasteiger partial charge in [-0.2, -0.15) is 0 Å². The van der Waals surface area contributed by atoms with Gasteiger partial charge >= 0.3 is 0 Å². The van der Waals surface area contributed by atoms with Crippen LogP contribution in [0.25, 0.3) is 0 Å². The SMILES string of the molecule is COc1ccc(C)c(C)c1C(O)CCN. The van der Waals surface area contributed by atoms with Crippen LogP contribution in [0.2, 0.25) is 0 Å². The summed E-state index contributed by atoms with van der Waals surface area (Å²) in [5.74, 6) is 0.735. The number of hydrogen-bond donors (Lipinski definition) is 2. The Morgan fingerprint density at radius 1 is 1.40 bits per heavy atom. The number of nitrogens with two attached hydrogens (primary N) is 1. The maximum Gasteiger partial charge on any atom is 0.124 e. The van der Waals surface area contributed by atoms with Gasteiger partial charge in [-0.05, 0) is 44.0 Å². The largest absolute Gasteiger partial charge is 0.496 e. The van der Waals surface area contributed by atoms with Crippen LogP contribution in [-0.2, 0) is 0 Å². The first-order valence-electron chi connectivity index (χ1n) is 5.14. The highest BCUT2D eigenvalue weighted by molar-refractivity contribution is 5.45. The second kappa shape index (κ2) is 5.14. The number of methoxy groups -OCH3 is 1. The number of aliphatic hydroxyl groups excluding tert-OH is 1. The molecule has 3 heteroatoms. The number of benzene rings is 1. The monoisotopic (exact) mass is 209 g/mol. The highest BCUT2D eigenvalue weighted by atomic mass is 16.5. The van der Waals surface area contributed by atoms with E-state index in [2.05, 4.69) is 0 Å². The molecule has 0 aliphatic carbocycles. The normalized spacial score (nSPS) is 12.6. The second-order valence-corrected chi connectivity index (χ2v) is 3.72. The zero-order valence-corrected chi connectivity index (χ0v) is 9.58. The van der Waals surface area contributed by atoms with Crippen LogP contribution in [0.1, 0.15) is 29.2 Å². The van der Waals surface area contributed by atoms with Crippen molar-refractivity contribution in [3.8, 4) is 5.75 Å². The zero-order chi connectivity index (χ0) is 11.4. The summed E-state index contributed by atoms with van der Waals surface area (Å²) in [5, 5.41) is 9.98. The molecule has 0 amide bonds. The van der Waals surface area contributed by atoms with Crippen LogP contribution in [0.15, 0.2) is 12.1 Å². The van der Waals surface area contributed by atoms with E-state index in [-0.39, 0.29) is 0 Å². The van der Waals surface area contributed by atoms with Crippen LogP contribution in [-0.4, -0.2) is 18.8 Å². The smallest absolute Gasteiger partial charge is 0.124 e. The summed E-state index contributed by atoms with van der Waals surface area (Å²) in [6, 6.07) is 3.88. The van der Waals surface area contributed by atoms with Gasteiger partial charge < -0.3 is 15.6 Å². The maximum absolute atomic E-state index is 9.98. The maximum atomic E-state index is 9.98. The quantitative estimate of drug-likeness (QED) is 0.793. The van der Waals surface area contributed by atoms with Crippen LogP contribution in [0.3, 0.4) is 0 Å².